The Morgan fingerprint density at radius 1 is 1.24 bits per heavy atom. The number of aromatic nitrogens is 2. The predicted molar refractivity (Wildman–Crippen MR) is 94.7 cm³/mol. The highest BCUT2D eigenvalue weighted by Gasteiger charge is 2.19. The number of likely N-dealkylation sites (tertiary alicyclic amines) is 1. The molecule has 1 aromatic carbocycles. The van der Waals surface area contributed by atoms with Gasteiger partial charge in [-0.1, -0.05) is 11.8 Å². The summed E-state index contributed by atoms with van der Waals surface area (Å²) < 4.78 is 30.3. The Hall–Kier alpha value is -2.07. The zero-order chi connectivity index (χ0) is 17.9. The minimum atomic E-state index is -3.31. The van der Waals surface area contributed by atoms with Gasteiger partial charge in [-0.05, 0) is 37.1 Å². The van der Waals surface area contributed by atoms with Crippen molar-refractivity contribution in [2.75, 3.05) is 29.8 Å². The Bertz CT molecular complexity index is 843. The van der Waals surface area contributed by atoms with Crippen LogP contribution >= 0.6 is 11.8 Å². The maximum Gasteiger partial charge on any atom is 0.277 e. The lowest BCUT2D eigenvalue weighted by molar-refractivity contribution is -0.127. The summed E-state index contributed by atoms with van der Waals surface area (Å²) in [6, 6.07) is 6.60. The van der Waals surface area contributed by atoms with Crippen molar-refractivity contribution >= 4 is 33.4 Å². The molecule has 1 aliphatic heterocycles. The van der Waals surface area contributed by atoms with Gasteiger partial charge < -0.3 is 9.32 Å². The van der Waals surface area contributed by atoms with Crippen molar-refractivity contribution in [2.24, 2.45) is 0 Å². The maximum atomic E-state index is 12.0. The second-order valence-electron chi connectivity index (χ2n) is 5.70. The molecule has 0 saturated carbocycles. The molecule has 2 heterocycles. The van der Waals surface area contributed by atoms with Crippen LogP contribution in [0.5, 0.6) is 0 Å². The third kappa shape index (κ3) is 4.95. The van der Waals surface area contributed by atoms with E-state index in [0.717, 1.165) is 32.2 Å². The molecule has 1 amide bonds. The standard InChI is InChI=1S/C15H18N4O4S2/c1-25(21,22)18-12-6-4-11(5-7-12)14-16-17-15(23-14)24-10-13(20)19-8-2-3-9-19/h4-7,18H,2-3,8-10H2,1H3. The number of hydrogen-bond acceptors (Lipinski definition) is 7. The molecule has 1 aromatic heterocycles. The van der Waals surface area contributed by atoms with Gasteiger partial charge >= 0.3 is 0 Å². The zero-order valence-electron chi connectivity index (χ0n) is 13.6. The Morgan fingerprint density at radius 3 is 2.56 bits per heavy atom. The van der Waals surface area contributed by atoms with E-state index in [1.54, 1.807) is 24.3 Å². The third-order valence-electron chi connectivity index (χ3n) is 3.62. The fraction of sp³-hybridized carbons (Fsp3) is 0.400. The minimum Gasteiger partial charge on any atom is -0.411 e. The molecule has 0 aliphatic carbocycles. The molecule has 0 bridgehead atoms. The minimum absolute atomic E-state index is 0.0819. The van der Waals surface area contributed by atoms with Crippen molar-refractivity contribution in [1.82, 2.24) is 15.1 Å². The van der Waals surface area contributed by atoms with Crippen molar-refractivity contribution in [3.63, 3.8) is 0 Å². The number of thioether (sulfide) groups is 1. The summed E-state index contributed by atoms with van der Waals surface area (Å²) in [7, 11) is -3.31. The van der Waals surface area contributed by atoms with Crippen molar-refractivity contribution in [3.8, 4) is 11.5 Å². The second-order valence-corrected chi connectivity index (χ2v) is 8.38. The molecule has 0 radical (unpaired) electrons. The fourth-order valence-corrected chi connectivity index (χ4v) is 3.69. The second kappa shape index (κ2) is 7.44. The smallest absolute Gasteiger partial charge is 0.277 e. The maximum absolute atomic E-state index is 12.0. The molecule has 0 atom stereocenters. The van der Waals surface area contributed by atoms with Gasteiger partial charge in [0.2, 0.25) is 21.8 Å². The third-order valence-corrected chi connectivity index (χ3v) is 5.03. The van der Waals surface area contributed by atoms with Gasteiger partial charge in [0.05, 0.1) is 12.0 Å². The first kappa shape index (κ1) is 17.7. The predicted octanol–water partition coefficient (Wildman–Crippen LogP) is 1.82. The summed E-state index contributed by atoms with van der Waals surface area (Å²) in [6.07, 6.45) is 3.21. The number of anilines is 1. The van der Waals surface area contributed by atoms with Crippen molar-refractivity contribution in [2.45, 2.75) is 18.1 Å². The number of amides is 1. The number of nitrogens with one attached hydrogen (secondary N) is 1. The highest BCUT2D eigenvalue weighted by atomic mass is 32.2. The van der Waals surface area contributed by atoms with Crippen molar-refractivity contribution in [3.05, 3.63) is 24.3 Å². The molecule has 1 fully saturated rings. The van der Waals surface area contributed by atoms with Crippen LogP contribution in [0.15, 0.2) is 33.9 Å². The van der Waals surface area contributed by atoms with Gasteiger partial charge in [-0.2, -0.15) is 0 Å². The summed E-state index contributed by atoms with van der Waals surface area (Å²) in [5, 5.41) is 8.24. The van der Waals surface area contributed by atoms with Crippen molar-refractivity contribution in [1.29, 1.82) is 0 Å². The number of nitrogens with zero attached hydrogens (tertiary/aromatic N) is 3. The first-order valence-corrected chi connectivity index (χ1v) is 10.6. The molecular weight excluding hydrogens is 364 g/mol. The topological polar surface area (TPSA) is 105 Å². The number of hydrogen-bond donors (Lipinski definition) is 1. The largest absolute Gasteiger partial charge is 0.411 e. The quantitative estimate of drug-likeness (QED) is 0.760. The highest BCUT2D eigenvalue weighted by Crippen LogP contribution is 2.25. The van der Waals surface area contributed by atoms with E-state index in [0.29, 0.717) is 22.4 Å². The van der Waals surface area contributed by atoms with Gasteiger partial charge in [-0.25, -0.2) is 8.42 Å². The van der Waals surface area contributed by atoms with Gasteiger partial charge in [0.1, 0.15) is 0 Å². The van der Waals surface area contributed by atoms with E-state index in [1.165, 1.54) is 11.8 Å². The number of rotatable bonds is 6. The van der Waals surface area contributed by atoms with Crippen LogP contribution in [0.2, 0.25) is 0 Å². The molecular formula is C15H18N4O4S2. The van der Waals surface area contributed by atoms with Crippen LogP contribution in [0.1, 0.15) is 12.8 Å². The van der Waals surface area contributed by atoms with E-state index >= 15 is 0 Å². The summed E-state index contributed by atoms with van der Waals surface area (Å²) in [5.74, 6) is 0.680. The number of sulfonamides is 1. The molecule has 0 unspecified atom stereocenters. The van der Waals surface area contributed by atoms with E-state index in [-0.39, 0.29) is 11.7 Å². The summed E-state index contributed by atoms with van der Waals surface area (Å²) >= 11 is 1.22. The van der Waals surface area contributed by atoms with E-state index in [1.807, 2.05) is 4.90 Å². The summed E-state index contributed by atoms with van der Waals surface area (Å²) in [6.45, 7) is 1.64. The average molecular weight is 382 g/mol. The fourth-order valence-electron chi connectivity index (χ4n) is 2.46. The van der Waals surface area contributed by atoms with Gasteiger partial charge in [0.15, 0.2) is 0 Å². The van der Waals surface area contributed by atoms with E-state index in [2.05, 4.69) is 14.9 Å². The Balaban J connectivity index is 1.60. The lowest BCUT2D eigenvalue weighted by Gasteiger charge is -2.13. The lowest BCUT2D eigenvalue weighted by atomic mass is 10.2. The zero-order valence-corrected chi connectivity index (χ0v) is 15.3. The lowest BCUT2D eigenvalue weighted by Crippen LogP contribution is -2.29. The van der Waals surface area contributed by atoms with Crippen molar-refractivity contribution < 1.29 is 17.6 Å². The SMILES string of the molecule is CS(=O)(=O)Nc1ccc(-c2nnc(SCC(=O)N3CCCC3)o2)cc1. The Kier molecular flexibility index (Phi) is 5.28. The van der Waals surface area contributed by atoms with Crippen LogP contribution in [0.4, 0.5) is 5.69 Å². The molecule has 1 N–H and O–H groups in total. The Labute approximate surface area is 150 Å². The van der Waals surface area contributed by atoms with Crippen LogP contribution in [0.3, 0.4) is 0 Å². The number of benzene rings is 1. The molecule has 0 spiro atoms. The van der Waals surface area contributed by atoms with Crippen LogP contribution in [-0.2, 0) is 14.8 Å². The first-order valence-electron chi connectivity index (χ1n) is 7.73. The van der Waals surface area contributed by atoms with E-state index < -0.39 is 10.0 Å². The average Bonchev–Trinajstić information content (AvgIpc) is 3.24. The summed E-state index contributed by atoms with van der Waals surface area (Å²) in [4.78, 5) is 13.9. The molecule has 134 valence electrons. The van der Waals surface area contributed by atoms with Crippen LogP contribution < -0.4 is 4.72 Å². The van der Waals surface area contributed by atoms with E-state index in [9.17, 15) is 13.2 Å². The molecule has 10 heteroatoms. The summed E-state index contributed by atoms with van der Waals surface area (Å²) in [5.41, 5.74) is 1.13. The monoisotopic (exact) mass is 382 g/mol. The molecule has 8 nitrogen and oxygen atoms in total. The number of carbonyl (C=O) groups excluding carboxylic acids is 1. The Morgan fingerprint density at radius 2 is 1.92 bits per heavy atom. The van der Waals surface area contributed by atoms with Crippen LogP contribution in [0.25, 0.3) is 11.5 Å². The van der Waals surface area contributed by atoms with Gasteiger partial charge in [-0.15, -0.1) is 10.2 Å². The van der Waals surface area contributed by atoms with Gasteiger partial charge in [-0.3, -0.25) is 9.52 Å². The molecule has 1 saturated heterocycles. The first-order chi connectivity index (χ1) is 11.9. The van der Waals surface area contributed by atoms with Crippen LogP contribution in [-0.4, -0.2) is 54.5 Å². The molecule has 3 rings (SSSR count). The number of carbonyl (C=O) groups is 1. The highest BCUT2D eigenvalue weighted by molar-refractivity contribution is 7.99. The van der Waals surface area contributed by atoms with Gasteiger partial charge in [0.25, 0.3) is 5.22 Å². The van der Waals surface area contributed by atoms with Crippen LogP contribution in [0, 0.1) is 0 Å². The van der Waals surface area contributed by atoms with E-state index in [4.69, 9.17) is 4.42 Å². The molecule has 1 aliphatic rings. The van der Waals surface area contributed by atoms with Gasteiger partial charge in [0, 0.05) is 24.3 Å². The molecule has 25 heavy (non-hydrogen) atoms. The normalized spacial score (nSPS) is 14.7. The molecule has 2 aromatic rings.